The third-order valence-corrected chi connectivity index (χ3v) is 3.89. The van der Waals surface area contributed by atoms with Gasteiger partial charge in [-0.3, -0.25) is 0 Å². The lowest BCUT2D eigenvalue weighted by molar-refractivity contribution is 0.0975. The van der Waals surface area contributed by atoms with Crippen LogP contribution >= 0.6 is 24.0 Å². The van der Waals surface area contributed by atoms with E-state index in [9.17, 15) is 0 Å². The Balaban J connectivity index is 0.00000147. The summed E-state index contributed by atoms with van der Waals surface area (Å²) in [4.78, 5) is 2.43. The summed E-state index contributed by atoms with van der Waals surface area (Å²) in [6, 6.07) is 5.44. The standard InChI is InChI=1S/C14H17ClN2O2.ClH/c1-2-17-7-5-11(6-8-17)18-14-12-9-10(15)3-4-13(12)19-16-14;/h3-4,9,11H,2,5-8H2,1H3;1H. The topological polar surface area (TPSA) is 38.5 Å². The van der Waals surface area contributed by atoms with Crippen LogP contribution in [0.1, 0.15) is 19.8 Å². The van der Waals surface area contributed by atoms with E-state index in [1.807, 2.05) is 12.1 Å². The summed E-state index contributed by atoms with van der Waals surface area (Å²) in [6.45, 7) is 5.46. The molecule has 2 aromatic rings. The summed E-state index contributed by atoms with van der Waals surface area (Å²) in [5.74, 6) is 0.562. The summed E-state index contributed by atoms with van der Waals surface area (Å²) in [6.07, 6.45) is 2.28. The van der Waals surface area contributed by atoms with Gasteiger partial charge in [0.15, 0.2) is 5.58 Å². The Morgan fingerprint density at radius 3 is 2.85 bits per heavy atom. The van der Waals surface area contributed by atoms with Crippen LogP contribution in [0.5, 0.6) is 5.88 Å². The largest absolute Gasteiger partial charge is 0.472 e. The Morgan fingerprint density at radius 2 is 2.15 bits per heavy atom. The maximum Gasteiger partial charge on any atom is 0.262 e. The number of ether oxygens (including phenoxy) is 1. The molecule has 110 valence electrons. The number of rotatable bonds is 3. The van der Waals surface area contributed by atoms with E-state index in [0.717, 1.165) is 37.9 Å². The Labute approximate surface area is 129 Å². The number of hydrogen-bond acceptors (Lipinski definition) is 4. The molecule has 0 bridgehead atoms. The predicted octanol–water partition coefficient (Wildman–Crippen LogP) is 3.77. The van der Waals surface area contributed by atoms with Gasteiger partial charge in [0, 0.05) is 18.1 Å². The van der Waals surface area contributed by atoms with Gasteiger partial charge in [0.2, 0.25) is 0 Å². The van der Waals surface area contributed by atoms with Gasteiger partial charge in [-0.2, -0.15) is 0 Å². The fraction of sp³-hybridized carbons (Fsp3) is 0.500. The van der Waals surface area contributed by atoms with Crippen LogP contribution in [0, 0.1) is 0 Å². The molecule has 1 aromatic heterocycles. The van der Waals surface area contributed by atoms with Crippen LogP contribution in [-0.4, -0.2) is 35.8 Å². The third kappa shape index (κ3) is 3.19. The first-order chi connectivity index (χ1) is 9.26. The van der Waals surface area contributed by atoms with Crippen LogP contribution < -0.4 is 4.74 Å². The minimum absolute atomic E-state index is 0. The predicted molar refractivity (Wildman–Crippen MR) is 82.0 cm³/mol. The monoisotopic (exact) mass is 316 g/mol. The molecule has 0 unspecified atom stereocenters. The molecule has 3 rings (SSSR count). The highest BCUT2D eigenvalue weighted by molar-refractivity contribution is 6.31. The zero-order valence-electron chi connectivity index (χ0n) is 11.3. The van der Waals surface area contributed by atoms with Crippen LogP contribution in [0.4, 0.5) is 0 Å². The highest BCUT2D eigenvalue weighted by atomic mass is 35.5. The summed E-state index contributed by atoms with van der Waals surface area (Å²) in [7, 11) is 0. The van der Waals surface area contributed by atoms with Gasteiger partial charge in [0.05, 0.1) is 5.39 Å². The van der Waals surface area contributed by atoms with Crippen molar-refractivity contribution < 1.29 is 9.26 Å². The molecule has 4 nitrogen and oxygen atoms in total. The summed E-state index contributed by atoms with van der Waals surface area (Å²) < 4.78 is 11.2. The van der Waals surface area contributed by atoms with Crippen LogP contribution in [0.25, 0.3) is 11.0 Å². The van der Waals surface area contributed by atoms with E-state index in [2.05, 4.69) is 17.0 Å². The van der Waals surface area contributed by atoms with Crippen molar-refractivity contribution in [2.24, 2.45) is 0 Å². The number of piperidine rings is 1. The first-order valence-corrected chi connectivity index (χ1v) is 7.08. The molecule has 20 heavy (non-hydrogen) atoms. The quantitative estimate of drug-likeness (QED) is 0.864. The molecule has 1 aromatic carbocycles. The Hall–Kier alpha value is -0.970. The maximum atomic E-state index is 6.00. The lowest BCUT2D eigenvalue weighted by atomic mass is 10.1. The second-order valence-corrected chi connectivity index (χ2v) is 5.32. The zero-order valence-corrected chi connectivity index (χ0v) is 12.9. The summed E-state index contributed by atoms with van der Waals surface area (Å²) >= 11 is 6.00. The van der Waals surface area contributed by atoms with Crippen LogP contribution in [-0.2, 0) is 0 Å². The van der Waals surface area contributed by atoms with E-state index >= 15 is 0 Å². The van der Waals surface area contributed by atoms with Crippen LogP contribution in [0.3, 0.4) is 0 Å². The molecule has 6 heteroatoms. The normalized spacial score (nSPS) is 17.1. The molecule has 2 heterocycles. The van der Waals surface area contributed by atoms with E-state index in [-0.39, 0.29) is 18.5 Å². The van der Waals surface area contributed by atoms with Gasteiger partial charge < -0.3 is 14.2 Å². The van der Waals surface area contributed by atoms with Gasteiger partial charge in [-0.15, -0.1) is 12.4 Å². The molecule has 0 amide bonds. The second-order valence-electron chi connectivity index (χ2n) is 4.88. The van der Waals surface area contributed by atoms with Crippen molar-refractivity contribution in [3.63, 3.8) is 0 Å². The van der Waals surface area contributed by atoms with Crippen molar-refractivity contribution in [3.05, 3.63) is 23.2 Å². The average molecular weight is 317 g/mol. The number of aromatic nitrogens is 1. The smallest absolute Gasteiger partial charge is 0.262 e. The van der Waals surface area contributed by atoms with E-state index < -0.39 is 0 Å². The summed E-state index contributed by atoms with van der Waals surface area (Å²) in [5, 5.41) is 5.52. The average Bonchev–Trinajstić information content (AvgIpc) is 2.82. The fourth-order valence-corrected chi connectivity index (χ4v) is 2.65. The van der Waals surface area contributed by atoms with Gasteiger partial charge in [0.25, 0.3) is 5.88 Å². The van der Waals surface area contributed by atoms with Crippen molar-refractivity contribution in [2.75, 3.05) is 19.6 Å². The van der Waals surface area contributed by atoms with Crippen molar-refractivity contribution in [1.82, 2.24) is 10.1 Å². The second kappa shape index (κ2) is 6.66. The van der Waals surface area contributed by atoms with Crippen LogP contribution in [0.2, 0.25) is 5.02 Å². The first kappa shape index (κ1) is 15.4. The molecule has 0 N–H and O–H groups in total. The molecule has 0 spiro atoms. The van der Waals surface area contributed by atoms with Gasteiger partial charge in [0.1, 0.15) is 6.10 Å². The lowest BCUT2D eigenvalue weighted by Crippen LogP contribution is -2.38. The van der Waals surface area contributed by atoms with Gasteiger partial charge in [-0.25, -0.2) is 0 Å². The Kier molecular flexibility index (Phi) is 5.13. The number of nitrogens with zero attached hydrogens (tertiary/aromatic N) is 2. The van der Waals surface area contributed by atoms with Crippen LogP contribution in [0.15, 0.2) is 22.7 Å². The van der Waals surface area contributed by atoms with Gasteiger partial charge in [-0.1, -0.05) is 18.5 Å². The minimum Gasteiger partial charge on any atom is -0.472 e. The van der Waals surface area contributed by atoms with E-state index in [4.69, 9.17) is 20.9 Å². The molecule has 0 radical (unpaired) electrons. The van der Waals surface area contributed by atoms with E-state index in [0.29, 0.717) is 16.5 Å². The highest BCUT2D eigenvalue weighted by Gasteiger charge is 2.21. The molecule has 1 saturated heterocycles. The zero-order chi connectivity index (χ0) is 13.2. The molecule has 0 saturated carbocycles. The molecule has 0 aliphatic carbocycles. The first-order valence-electron chi connectivity index (χ1n) is 6.70. The molecule has 1 aliphatic rings. The van der Waals surface area contributed by atoms with Crippen molar-refractivity contribution in [1.29, 1.82) is 0 Å². The van der Waals surface area contributed by atoms with Crippen molar-refractivity contribution >= 4 is 35.0 Å². The Bertz CT molecular complexity index is 565. The maximum absolute atomic E-state index is 6.00. The molecule has 1 aliphatic heterocycles. The number of halogens is 2. The number of benzene rings is 1. The van der Waals surface area contributed by atoms with Crippen molar-refractivity contribution in [3.8, 4) is 5.88 Å². The molecular formula is C14H18Cl2N2O2. The van der Waals surface area contributed by atoms with Crippen molar-refractivity contribution in [2.45, 2.75) is 25.9 Å². The van der Waals surface area contributed by atoms with E-state index in [1.54, 1.807) is 6.07 Å². The Morgan fingerprint density at radius 1 is 1.40 bits per heavy atom. The summed E-state index contributed by atoms with van der Waals surface area (Å²) in [5.41, 5.74) is 0.713. The fourth-order valence-electron chi connectivity index (χ4n) is 2.47. The third-order valence-electron chi connectivity index (χ3n) is 3.66. The molecule has 1 fully saturated rings. The number of likely N-dealkylation sites (tertiary alicyclic amines) is 1. The van der Waals surface area contributed by atoms with Gasteiger partial charge >= 0.3 is 0 Å². The lowest BCUT2D eigenvalue weighted by Gasteiger charge is -2.30. The SMILES string of the molecule is CCN1CCC(Oc2noc3ccc(Cl)cc23)CC1.Cl. The van der Waals surface area contributed by atoms with Gasteiger partial charge in [-0.05, 0) is 42.7 Å². The number of fused-ring (bicyclic) bond motifs is 1. The highest BCUT2D eigenvalue weighted by Crippen LogP contribution is 2.29. The minimum atomic E-state index is 0. The number of hydrogen-bond donors (Lipinski definition) is 0. The molecule has 0 atom stereocenters. The van der Waals surface area contributed by atoms with E-state index in [1.165, 1.54) is 0 Å². The molecular weight excluding hydrogens is 299 g/mol.